The summed E-state index contributed by atoms with van der Waals surface area (Å²) in [6.45, 7) is 12.5. The molecule has 1 N–H and O–H groups in total. The van der Waals surface area contributed by atoms with Crippen LogP contribution in [0.5, 0.6) is 0 Å². The van der Waals surface area contributed by atoms with Crippen LogP contribution in [-0.4, -0.2) is 43.4 Å². The molecule has 2 rings (SSSR count). The predicted octanol–water partition coefficient (Wildman–Crippen LogP) is 2.08. The third-order valence-corrected chi connectivity index (χ3v) is 4.34. The second kappa shape index (κ2) is 5.68. The number of hydrogen-bond acceptors (Lipinski definition) is 3. The van der Waals surface area contributed by atoms with Crippen LogP contribution in [0.1, 0.15) is 40.0 Å². The lowest BCUT2D eigenvalue weighted by Crippen LogP contribution is -2.53. The van der Waals surface area contributed by atoms with E-state index in [0.717, 1.165) is 19.1 Å². The summed E-state index contributed by atoms with van der Waals surface area (Å²) < 4.78 is 6.01. The predicted molar refractivity (Wildman–Crippen MR) is 71.0 cm³/mol. The molecule has 2 unspecified atom stereocenters. The molecule has 0 radical (unpaired) electrons. The van der Waals surface area contributed by atoms with Gasteiger partial charge in [-0.2, -0.15) is 0 Å². The minimum Gasteiger partial charge on any atom is -0.361 e. The molecule has 0 aromatic heterocycles. The third-order valence-electron chi connectivity index (χ3n) is 4.34. The van der Waals surface area contributed by atoms with Crippen LogP contribution >= 0.6 is 0 Å². The molecule has 0 aromatic rings. The molecule has 17 heavy (non-hydrogen) atoms. The van der Waals surface area contributed by atoms with E-state index in [1.54, 1.807) is 0 Å². The van der Waals surface area contributed by atoms with Crippen LogP contribution in [0.4, 0.5) is 0 Å². The van der Waals surface area contributed by atoms with Gasteiger partial charge in [-0.25, -0.2) is 0 Å². The maximum absolute atomic E-state index is 6.01. The first-order valence-electron chi connectivity index (χ1n) is 7.22. The van der Waals surface area contributed by atoms with Crippen molar-refractivity contribution in [3.05, 3.63) is 0 Å². The Morgan fingerprint density at radius 3 is 2.59 bits per heavy atom. The number of nitrogens with one attached hydrogen (secondary N) is 1. The molecular weight excluding hydrogens is 212 g/mol. The van der Waals surface area contributed by atoms with Crippen molar-refractivity contribution in [3.8, 4) is 0 Å². The molecule has 3 nitrogen and oxygen atoms in total. The Morgan fingerprint density at radius 1 is 1.35 bits per heavy atom. The number of rotatable bonds is 3. The monoisotopic (exact) mass is 240 g/mol. The molecule has 100 valence electrons. The zero-order chi connectivity index (χ0) is 12.3. The van der Waals surface area contributed by atoms with E-state index in [-0.39, 0.29) is 5.72 Å². The Bertz CT molecular complexity index is 228. The van der Waals surface area contributed by atoms with Crippen LogP contribution < -0.4 is 5.32 Å². The van der Waals surface area contributed by atoms with E-state index in [9.17, 15) is 0 Å². The molecule has 0 aromatic carbocycles. The van der Waals surface area contributed by atoms with Crippen LogP contribution in [-0.2, 0) is 4.74 Å². The zero-order valence-corrected chi connectivity index (χ0v) is 11.7. The fraction of sp³-hybridized carbons (Fsp3) is 1.00. The lowest BCUT2D eigenvalue weighted by atomic mass is 9.88. The first-order valence-corrected chi connectivity index (χ1v) is 7.22. The number of piperidine rings is 1. The van der Waals surface area contributed by atoms with Crippen molar-refractivity contribution in [1.29, 1.82) is 0 Å². The maximum Gasteiger partial charge on any atom is 0.116 e. The van der Waals surface area contributed by atoms with E-state index in [1.807, 2.05) is 0 Å². The highest BCUT2D eigenvalue weighted by Crippen LogP contribution is 2.29. The summed E-state index contributed by atoms with van der Waals surface area (Å²) in [5, 5.41) is 3.58. The second-order valence-corrected chi connectivity index (χ2v) is 6.11. The van der Waals surface area contributed by atoms with Gasteiger partial charge in [-0.15, -0.1) is 0 Å². The minimum atomic E-state index is -0.0639. The van der Waals surface area contributed by atoms with Crippen LogP contribution in [0.15, 0.2) is 0 Å². The number of nitrogens with zero attached hydrogens (tertiary/aromatic N) is 1. The van der Waals surface area contributed by atoms with Crippen molar-refractivity contribution in [2.24, 2.45) is 11.8 Å². The molecule has 0 aliphatic carbocycles. The summed E-state index contributed by atoms with van der Waals surface area (Å²) in [5.41, 5.74) is -0.0639. The summed E-state index contributed by atoms with van der Waals surface area (Å²) >= 11 is 0. The standard InChI is InChI=1S/C14H28N2O/c1-4-16-7-5-13(6-8-16)9-14(3)15-10-12(2)11-17-14/h12-13,15H,4-11H2,1-3H3. The number of hydrogen-bond donors (Lipinski definition) is 1. The molecule has 3 heteroatoms. The molecule has 0 amide bonds. The van der Waals surface area contributed by atoms with E-state index in [2.05, 4.69) is 31.0 Å². The molecule has 2 fully saturated rings. The number of likely N-dealkylation sites (tertiary alicyclic amines) is 1. The maximum atomic E-state index is 6.01. The van der Waals surface area contributed by atoms with Gasteiger partial charge in [0, 0.05) is 6.54 Å². The second-order valence-electron chi connectivity index (χ2n) is 6.11. The summed E-state index contributed by atoms with van der Waals surface area (Å²) in [5.74, 6) is 1.49. The Kier molecular flexibility index (Phi) is 4.45. The van der Waals surface area contributed by atoms with Gasteiger partial charge < -0.3 is 9.64 Å². The van der Waals surface area contributed by atoms with Crippen molar-refractivity contribution in [1.82, 2.24) is 10.2 Å². The minimum absolute atomic E-state index is 0.0639. The molecule has 0 bridgehead atoms. The SMILES string of the molecule is CCN1CCC(CC2(C)NCC(C)CO2)CC1. The molecule has 0 spiro atoms. The van der Waals surface area contributed by atoms with Crippen molar-refractivity contribution in [2.45, 2.75) is 45.8 Å². The van der Waals surface area contributed by atoms with Crippen molar-refractivity contribution < 1.29 is 4.74 Å². The third kappa shape index (κ3) is 3.67. The smallest absolute Gasteiger partial charge is 0.116 e. The van der Waals surface area contributed by atoms with Crippen molar-refractivity contribution in [2.75, 3.05) is 32.8 Å². The van der Waals surface area contributed by atoms with Crippen LogP contribution in [0, 0.1) is 11.8 Å². The Labute approximate surface area is 106 Å². The zero-order valence-electron chi connectivity index (χ0n) is 11.7. The van der Waals surface area contributed by atoms with Crippen molar-refractivity contribution in [3.63, 3.8) is 0 Å². The first kappa shape index (κ1) is 13.3. The summed E-state index contributed by atoms with van der Waals surface area (Å²) in [6, 6.07) is 0. The van der Waals surface area contributed by atoms with Gasteiger partial charge in [0.05, 0.1) is 6.61 Å². The Hall–Kier alpha value is -0.120. The normalized spacial score (nSPS) is 37.2. The quantitative estimate of drug-likeness (QED) is 0.817. The van der Waals surface area contributed by atoms with E-state index in [1.165, 1.54) is 38.9 Å². The fourth-order valence-electron chi connectivity index (χ4n) is 3.02. The highest BCUT2D eigenvalue weighted by Gasteiger charge is 2.33. The molecule has 2 aliphatic heterocycles. The lowest BCUT2D eigenvalue weighted by Gasteiger charge is -2.41. The van der Waals surface area contributed by atoms with E-state index in [4.69, 9.17) is 4.74 Å². The summed E-state index contributed by atoms with van der Waals surface area (Å²) in [6.07, 6.45) is 3.85. The average Bonchev–Trinajstić information content (AvgIpc) is 2.34. The van der Waals surface area contributed by atoms with Crippen LogP contribution in [0.3, 0.4) is 0 Å². The van der Waals surface area contributed by atoms with Crippen LogP contribution in [0.25, 0.3) is 0 Å². The van der Waals surface area contributed by atoms with Crippen molar-refractivity contribution >= 4 is 0 Å². The number of ether oxygens (including phenoxy) is 1. The van der Waals surface area contributed by atoms with Gasteiger partial charge in [-0.3, -0.25) is 5.32 Å². The molecule has 2 aliphatic rings. The first-order chi connectivity index (χ1) is 8.11. The van der Waals surface area contributed by atoms with Gasteiger partial charge in [0.1, 0.15) is 5.72 Å². The van der Waals surface area contributed by atoms with Gasteiger partial charge in [0.2, 0.25) is 0 Å². The van der Waals surface area contributed by atoms with E-state index < -0.39 is 0 Å². The Morgan fingerprint density at radius 2 is 2.06 bits per heavy atom. The van der Waals surface area contributed by atoms with Gasteiger partial charge in [-0.05, 0) is 57.7 Å². The summed E-state index contributed by atoms with van der Waals surface area (Å²) in [4.78, 5) is 2.55. The fourth-order valence-corrected chi connectivity index (χ4v) is 3.02. The average molecular weight is 240 g/mol. The lowest BCUT2D eigenvalue weighted by molar-refractivity contribution is -0.116. The van der Waals surface area contributed by atoms with E-state index in [0.29, 0.717) is 5.92 Å². The van der Waals surface area contributed by atoms with Gasteiger partial charge >= 0.3 is 0 Å². The molecule has 0 saturated carbocycles. The van der Waals surface area contributed by atoms with Gasteiger partial charge in [0.25, 0.3) is 0 Å². The summed E-state index contributed by atoms with van der Waals surface area (Å²) in [7, 11) is 0. The van der Waals surface area contributed by atoms with Gasteiger partial charge in [-0.1, -0.05) is 13.8 Å². The molecule has 2 atom stereocenters. The molecular formula is C14H28N2O. The van der Waals surface area contributed by atoms with Gasteiger partial charge in [0.15, 0.2) is 0 Å². The topological polar surface area (TPSA) is 24.5 Å². The molecule has 2 heterocycles. The largest absolute Gasteiger partial charge is 0.361 e. The van der Waals surface area contributed by atoms with Crippen LogP contribution in [0.2, 0.25) is 0 Å². The van der Waals surface area contributed by atoms with E-state index >= 15 is 0 Å². The highest BCUT2D eigenvalue weighted by molar-refractivity contribution is 4.83. The molecule has 2 saturated heterocycles. The Balaban J connectivity index is 1.77. The highest BCUT2D eigenvalue weighted by atomic mass is 16.5.